The molecule has 116 valence electrons. The largest absolute Gasteiger partial charge is 0.478 e. The van der Waals surface area contributed by atoms with Crippen LogP contribution < -0.4 is 10.5 Å². The average Bonchev–Trinajstić information content (AvgIpc) is 2.38. The zero-order chi connectivity index (χ0) is 16.4. The highest BCUT2D eigenvalue weighted by Crippen LogP contribution is 2.20. The zero-order valence-electron chi connectivity index (χ0n) is 10.8. The molecule has 1 rings (SSSR count). The number of carbonyl (C=O) groups is 2. The highest BCUT2D eigenvalue weighted by molar-refractivity contribution is 7.89. The van der Waals surface area contributed by atoms with Gasteiger partial charge in [-0.2, -0.15) is 0 Å². The molecule has 0 fully saturated rings. The number of sulfonamides is 1. The fourth-order valence-electron chi connectivity index (χ4n) is 1.42. The van der Waals surface area contributed by atoms with Gasteiger partial charge in [-0.05, 0) is 19.1 Å². The molecule has 0 saturated heterocycles. The number of aliphatic hydroxyl groups excluding tert-OH is 1. The minimum Gasteiger partial charge on any atom is -0.478 e. The van der Waals surface area contributed by atoms with Crippen LogP contribution >= 0.6 is 0 Å². The van der Waals surface area contributed by atoms with Crippen molar-refractivity contribution in [2.45, 2.75) is 17.9 Å². The standard InChI is InChI=1S/C11H13FN2O6S/c1-5-7(12)2-6(11(17)18)3-9(5)21(19,20)14-4-8(15)10(13)16/h2-3,8,14-15H,4H2,1H3,(H2,13,16)(H,17,18). The average molecular weight is 320 g/mol. The Labute approximate surface area is 119 Å². The minimum atomic E-state index is -4.32. The van der Waals surface area contributed by atoms with Gasteiger partial charge in [-0.1, -0.05) is 0 Å². The van der Waals surface area contributed by atoms with Crippen LogP contribution in [-0.4, -0.2) is 43.2 Å². The third kappa shape index (κ3) is 3.97. The Hall–Kier alpha value is -2.04. The van der Waals surface area contributed by atoms with Crippen molar-refractivity contribution in [3.8, 4) is 0 Å². The van der Waals surface area contributed by atoms with Gasteiger partial charge in [0.25, 0.3) is 0 Å². The fraction of sp³-hybridized carbons (Fsp3) is 0.273. The van der Waals surface area contributed by atoms with Crippen LogP contribution in [0.1, 0.15) is 15.9 Å². The van der Waals surface area contributed by atoms with Crippen LogP contribution in [0.4, 0.5) is 4.39 Å². The van der Waals surface area contributed by atoms with Gasteiger partial charge < -0.3 is 15.9 Å². The third-order valence-corrected chi connectivity index (χ3v) is 4.18. The normalized spacial score (nSPS) is 12.9. The highest BCUT2D eigenvalue weighted by Gasteiger charge is 2.23. The molecule has 1 amide bonds. The summed E-state index contributed by atoms with van der Waals surface area (Å²) < 4.78 is 39.4. The highest BCUT2D eigenvalue weighted by atomic mass is 32.2. The number of aromatic carboxylic acids is 1. The van der Waals surface area contributed by atoms with Crippen molar-refractivity contribution in [1.29, 1.82) is 0 Å². The molecule has 0 aliphatic carbocycles. The predicted octanol–water partition coefficient (Wildman–Crippen LogP) is -1.04. The van der Waals surface area contributed by atoms with Crippen molar-refractivity contribution >= 4 is 21.9 Å². The number of aliphatic hydroxyl groups is 1. The summed E-state index contributed by atoms with van der Waals surface area (Å²) in [6, 6.07) is 1.47. The molecule has 10 heteroatoms. The molecule has 0 spiro atoms. The first kappa shape index (κ1) is 17.0. The van der Waals surface area contributed by atoms with Gasteiger partial charge in [-0.3, -0.25) is 4.79 Å². The second kappa shape index (κ2) is 6.16. The maximum Gasteiger partial charge on any atom is 0.335 e. The SMILES string of the molecule is Cc1c(F)cc(C(=O)O)cc1S(=O)(=O)NCC(O)C(N)=O. The molecule has 1 aromatic rings. The Morgan fingerprint density at radius 3 is 2.48 bits per heavy atom. The molecule has 0 aromatic heterocycles. The quantitative estimate of drug-likeness (QED) is 0.526. The van der Waals surface area contributed by atoms with Crippen molar-refractivity contribution in [2.75, 3.05) is 6.54 Å². The molecular formula is C11H13FN2O6S. The smallest absolute Gasteiger partial charge is 0.335 e. The number of amides is 1. The van der Waals surface area contributed by atoms with Gasteiger partial charge in [0.15, 0.2) is 0 Å². The molecule has 0 heterocycles. The van der Waals surface area contributed by atoms with Gasteiger partial charge in [0.2, 0.25) is 15.9 Å². The number of nitrogens with one attached hydrogen (secondary N) is 1. The van der Waals surface area contributed by atoms with Crippen molar-refractivity contribution < 1.29 is 32.6 Å². The lowest BCUT2D eigenvalue weighted by molar-refractivity contribution is -0.125. The Morgan fingerprint density at radius 2 is 2.00 bits per heavy atom. The number of carbonyl (C=O) groups excluding carboxylic acids is 1. The van der Waals surface area contributed by atoms with Gasteiger partial charge >= 0.3 is 5.97 Å². The molecular weight excluding hydrogens is 307 g/mol. The van der Waals surface area contributed by atoms with Crippen LogP contribution in [0.5, 0.6) is 0 Å². The molecule has 8 nitrogen and oxygen atoms in total. The number of nitrogens with two attached hydrogens (primary N) is 1. The lowest BCUT2D eigenvalue weighted by Gasteiger charge is -2.12. The van der Waals surface area contributed by atoms with E-state index in [4.69, 9.17) is 15.9 Å². The Morgan fingerprint density at radius 1 is 1.43 bits per heavy atom. The number of rotatable bonds is 6. The first-order chi connectivity index (χ1) is 9.56. The lowest BCUT2D eigenvalue weighted by Crippen LogP contribution is -2.40. The van der Waals surface area contributed by atoms with Crippen LogP contribution in [0.25, 0.3) is 0 Å². The van der Waals surface area contributed by atoms with E-state index in [0.29, 0.717) is 6.07 Å². The van der Waals surface area contributed by atoms with E-state index in [1.165, 1.54) is 0 Å². The summed E-state index contributed by atoms with van der Waals surface area (Å²) >= 11 is 0. The van der Waals surface area contributed by atoms with E-state index in [9.17, 15) is 22.4 Å². The fourth-order valence-corrected chi connectivity index (χ4v) is 2.74. The first-order valence-corrected chi connectivity index (χ1v) is 7.05. The molecule has 0 bridgehead atoms. The van der Waals surface area contributed by atoms with Crippen molar-refractivity contribution in [3.63, 3.8) is 0 Å². The van der Waals surface area contributed by atoms with E-state index in [0.717, 1.165) is 13.0 Å². The van der Waals surface area contributed by atoms with Crippen LogP contribution in [-0.2, 0) is 14.8 Å². The maximum atomic E-state index is 13.6. The third-order valence-electron chi connectivity index (χ3n) is 2.63. The summed E-state index contributed by atoms with van der Waals surface area (Å²) in [4.78, 5) is 20.8. The first-order valence-electron chi connectivity index (χ1n) is 5.56. The molecule has 0 aliphatic rings. The molecule has 0 radical (unpaired) electrons. The lowest BCUT2D eigenvalue weighted by atomic mass is 10.1. The molecule has 0 aliphatic heterocycles. The van der Waals surface area contributed by atoms with Crippen molar-refractivity contribution in [1.82, 2.24) is 4.72 Å². The number of carboxylic acids is 1. The van der Waals surface area contributed by atoms with Crippen LogP contribution in [0.2, 0.25) is 0 Å². The summed E-state index contributed by atoms with van der Waals surface area (Å²) in [6.45, 7) is 0.441. The number of carboxylic acid groups (broad SMARTS) is 1. The Balaban J connectivity index is 3.19. The predicted molar refractivity (Wildman–Crippen MR) is 68.5 cm³/mol. The summed E-state index contributed by atoms with van der Waals surface area (Å²) in [7, 11) is -4.32. The van der Waals surface area contributed by atoms with E-state index >= 15 is 0 Å². The van der Waals surface area contributed by atoms with Gasteiger partial charge in [-0.15, -0.1) is 0 Å². The summed E-state index contributed by atoms with van der Waals surface area (Å²) in [5.74, 6) is -3.65. The number of hydrogen-bond donors (Lipinski definition) is 4. The van der Waals surface area contributed by atoms with Crippen LogP contribution in [0.3, 0.4) is 0 Å². The minimum absolute atomic E-state index is 0.291. The monoisotopic (exact) mass is 320 g/mol. The van der Waals surface area contributed by atoms with E-state index in [2.05, 4.69) is 0 Å². The summed E-state index contributed by atoms with van der Waals surface area (Å²) in [6.07, 6.45) is -1.76. The van der Waals surface area contributed by atoms with E-state index in [-0.39, 0.29) is 5.56 Å². The number of halogens is 1. The Bertz CT molecular complexity index is 688. The zero-order valence-corrected chi connectivity index (χ0v) is 11.6. The molecule has 1 atom stereocenters. The van der Waals surface area contributed by atoms with Crippen LogP contribution in [0, 0.1) is 12.7 Å². The van der Waals surface area contributed by atoms with Gasteiger partial charge in [-0.25, -0.2) is 22.3 Å². The second-order valence-electron chi connectivity index (χ2n) is 4.16. The summed E-state index contributed by atoms with van der Waals surface area (Å²) in [5, 5.41) is 17.9. The van der Waals surface area contributed by atoms with Crippen molar-refractivity contribution in [2.24, 2.45) is 5.73 Å². The van der Waals surface area contributed by atoms with Crippen LogP contribution in [0.15, 0.2) is 17.0 Å². The maximum absolute atomic E-state index is 13.6. The van der Waals surface area contributed by atoms with Gasteiger partial charge in [0.05, 0.1) is 10.5 Å². The molecule has 1 aromatic carbocycles. The Kier molecular flexibility index (Phi) is 4.99. The summed E-state index contributed by atoms with van der Waals surface area (Å²) in [5.41, 5.74) is 3.92. The number of benzene rings is 1. The molecule has 0 saturated carbocycles. The number of primary amides is 1. The van der Waals surface area contributed by atoms with E-state index in [1.807, 2.05) is 4.72 Å². The topological polar surface area (TPSA) is 147 Å². The molecule has 1 unspecified atom stereocenters. The van der Waals surface area contributed by atoms with Gasteiger partial charge in [0, 0.05) is 12.1 Å². The van der Waals surface area contributed by atoms with Gasteiger partial charge in [0.1, 0.15) is 11.9 Å². The second-order valence-corrected chi connectivity index (χ2v) is 5.89. The number of hydrogen-bond acceptors (Lipinski definition) is 5. The molecule has 21 heavy (non-hydrogen) atoms. The molecule has 5 N–H and O–H groups in total. The van der Waals surface area contributed by atoms with E-state index < -0.39 is 50.8 Å². The van der Waals surface area contributed by atoms with E-state index in [1.54, 1.807) is 0 Å². The van der Waals surface area contributed by atoms with Crippen molar-refractivity contribution in [3.05, 3.63) is 29.1 Å².